The SMILES string of the molecule is O=C(NSSNC(=O)C(F)(F)F)C(F)(F)F. The van der Waals surface area contributed by atoms with Crippen molar-refractivity contribution in [2.24, 2.45) is 0 Å². The molecule has 0 atom stereocenters. The van der Waals surface area contributed by atoms with Crippen molar-refractivity contribution in [3.05, 3.63) is 0 Å². The minimum Gasteiger partial charge on any atom is -0.282 e. The quantitative estimate of drug-likeness (QED) is 0.358. The van der Waals surface area contributed by atoms with Crippen molar-refractivity contribution in [3.8, 4) is 0 Å². The van der Waals surface area contributed by atoms with Gasteiger partial charge in [0.15, 0.2) is 0 Å². The fourth-order valence-electron chi connectivity index (χ4n) is 0.233. The summed E-state index contributed by atoms with van der Waals surface area (Å²) in [4.78, 5) is 20.2. The van der Waals surface area contributed by atoms with Crippen LogP contribution >= 0.6 is 22.0 Å². The molecule has 0 bridgehead atoms. The average molecular weight is 288 g/mol. The third-order valence-electron chi connectivity index (χ3n) is 0.825. The van der Waals surface area contributed by atoms with E-state index in [9.17, 15) is 35.9 Å². The molecule has 16 heavy (non-hydrogen) atoms. The summed E-state index contributed by atoms with van der Waals surface area (Å²) in [6.07, 6.45) is -10.3. The smallest absolute Gasteiger partial charge is 0.282 e. The van der Waals surface area contributed by atoms with E-state index in [1.54, 1.807) is 0 Å². The first-order valence-electron chi connectivity index (χ1n) is 3.12. The molecule has 0 aliphatic carbocycles. The maximum absolute atomic E-state index is 11.5. The fourth-order valence-corrected chi connectivity index (χ4v) is 1.40. The van der Waals surface area contributed by atoms with Crippen LogP contribution in [0.25, 0.3) is 0 Å². The number of halogens is 6. The van der Waals surface area contributed by atoms with Crippen LogP contribution in [-0.4, -0.2) is 24.2 Å². The number of alkyl halides is 6. The lowest BCUT2D eigenvalue weighted by atomic mass is 10.6. The van der Waals surface area contributed by atoms with Crippen molar-refractivity contribution in [1.82, 2.24) is 9.44 Å². The van der Waals surface area contributed by atoms with Gasteiger partial charge in [-0.15, -0.1) is 0 Å². The summed E-state index contributed by atoms with van der Waals surface area (Å²) in [5.41, 5.74) is 0. The molecule has 0 fully saturated rings. The Kier molecular flexibility index (Phi) is 5.25. The zero-order valence-electron chi connectivity index (χ0n) is 6.90. The predicted molar refractivity (Wildman–Crippen MR) is 43.6 cm³/mol. The normalized spacial score (nSPS) is 12.1. The zero-order valence-corrected chi connectivity index (χ0v) is 8.53. The first kappa shape index (κ1) is 15.2. The summed E-state index contributed by atoms with van der Waals surface area (Å²) in [6.45, 7) is 0. The van der Waals surface area contributed by atoms with E-state index in [2.05, 4.69) is 0 Å². The lowest BCUT2D eigenvalue weighted by Gasteiger charge is -2.07. The standard InChI is InChI=1S/C4H2F6N2O2S2/c5-3(6,7)1(13)11-15-16-12-2(14)4(8,9)10/h(H,11,13)(H,12,14). The Morgan fingerprint density at radius 2 is 1.00 bits per heavy atom. The lowest BCUT2D eigenvalue weighted by Crippen LogP contribution is -2.34. The van der Waals surface area contributed by atoms with Gasteiger partial charge in [-0.25, -0.2) is 0 Å². The number of hydrogen-bond acceptors (Lipinski definition) is 4. The van der Waals surface area contributed by atoms with Crippen molar-refractivity contribution >= 4 is 33.8 Å². The van der Waals surface area contributed by atoms with Crippen LogP contribution in [0.2, 0.25) is 0 Å². The Bertz CT molecular complexity index is 249. The largest absolute Gasteiger partial charge is 0.472 e. The van der Waals surface area contributed by atoms with Crippen LogP contribution in [0.15, 0.2) is 0 Å². The summed E-state index contributed by atoms with van der Waals surface area (Å²) >= 11 is 0. The number of nitrogens with one attached hydrogen (secondary N) is 2. The molecule has 2 amide bonds. The first-order chi connectivity index (χ1) is 7.05. The van der Waals surface area contributed by atoms with Gasteiger partial charge in [-0.05, 0) is 0 Å². The molecule has 0 saturated carbocycles. The summed E-state index contributed by atoms with van der Waals surface area (Å²) in [7, 11) is -0.204. The van der Waals surface area contributed by atoms with E-state index < -0.39 is 24.2 Å². The molecule has 0 spiro atoms. The van der Waals surface area contributed by atoms with Crippen molar-refractivity contribution < 1.29 is 35.9 Å². The van der Waals surface area contributed by atoms with Crippen LogP contribution in [0.3, 0.4) is 0 Å². The maximum atomic E-state index is 11.5. The Labute approximate surface area is 92.2 Å². The highest BCUT2D eigenvalue weighted by molar-refractivity contribution is 8.75. The molecular formula is C4H2F6N2O2S2. The number of rotatable bonds is 3. The molecule has 4 nitrogen and oxygen atoms in total. The van der Waals surface area contributed by atoms with E-state index in [-0.39, 0.29) is 22.0 Å². The molecule has 94 valence electrons. The maximum Gasteiger partial charge on any atom is 0.472 e. The minimum atomic E-state index is -5.14. The van der Waals surface area contributed by atoms with Crippen LogP contribution in [0, 0.1) is 0 Å². The molecule has 0 aromatic rings. The number of hydrogen-bond donors (Lipinski definition) is 2. The van der Waals surface area contributed by atoms with E-state index in [0.717, 1.165) is 9.44 Å². The molecule has 0 aliphatic rings. The zero-order chi connectivity index (χ0) is 13.0. The summed E-state index contributed by atoms with van der Waals surface area (Å²) in [5, 5.41) is 0. The molecule has 0 aromatic heterocycles. The third kappa shape index (κ3) is 5.95. The Morgan fingerprint density at radius 3 is 1.19 bits per heavy atom. The van der Waals surface area contributed by atoms with E-state index in [0.29, 0.717) is 0 Å². The van der Waals surface area contributed by atoms with Gasteiger partial charge >= 0.3 is 24.2 Å². The van der Waals surface area contributed by atoms with Crippen molar-refractivity contribution in [3.63, 3.8) is 0 Å². The summed E-state index contributed by atoms with van der Waals surface area (Å²) in [5.74, 6) is -4.68. The molecule has 0 radical (unpaired) electrons. The van der Waals surface area contributed by atoms with Gasteiger partial charge < -0.3 is 0 Å². The predicted octanol–water partition coefficient (Wildman–Crippen LogP) is 1.55. The topological polar surface area (TPSA) is 58.2 Å². The number of carbonyl (C=O) groups is 2. The molecule has 0 heterocycles. The van der Waals surface area contributed by atoms with E-state index >= 15 is 0 Å². The molecule has 12 heteroatoms. The Hall–Kier alpha value is -0.780. The molecular weight excluding hydrogens is 286 g/mol. The van der Waals surface area contributed by atoms with Gasteiger partial charge in [-0.1, -0.05) is 0 Å². The van der Waals surface area contributed by atoms with Crippen LogP contribution in [-0.2, 0) is 9.59 Å². The molecule has 2 N–H and O–H groups in total. The second-order valence-electron chi connectivity index (χ2n) is 2.02. The van der Waals surface area contributed by atoms with Crippen molar-refractivity contribution in [1.29, 1.82) is 0 Å². The second-order valence-corrected chi connectivity index (χ2v) is 3.77. The Morgan fingerprint density at radius 1 is 0.750 bits per heavy atom. The van der Waals surface area contributed by atoms with E-state index in [1.165, 1.54) is 0 Å². The molecule has 0 saturated heterocycles. The highest BCUT2D eigenvalue weighted by Gasteiger charge is 2.40. The number of amides is 2. The van der Waals surface area contributed by atoms with Gasteiger partial charge in [0.1, 0.15) is 0 Å². The minimum absolute atomic E-state index is 0.102. The Balaban J connectivity index is 3.79. The monoisotopic (exact) mass is 288 g/mol. The first-order valence-corrected chi connectivity index (χ1v) is 5.27. The van der Waals surface area contributed by atoms with Gasteiger partial charge in [-0.3, -0.25) is 19.0 Å². The highest BCUT2D eigenvalue weighted by atomic mass is 33.1. The van der Waals surface area contributed by atoms with Crippen molar-refractivity contribution in [2.45, 2.75) is 12.4 Å². The van der Waals surface area contributed by atoms with Crippen molar-refractivity contribution in [2.75, 3.05) is 0 Å². The summed E-state index contributed by atoms with van der Waals surface area (Å²) < 4.78 is 71.5. The van der Waals surface area contributed by atoms with Gasteiger partial charge in [0.25, 0.3) is 0 Å². The van der Waals surface area contributed by atoms with Gasteiger partial charge in [0, 0.05) is 22.0 Å². The molecule has 0 aliphatic heterocycles. The van der Waals surface area contributed by atoms with Crippen LogP contribution in [0.4, 0.5) is 26.3 Å². The molecule has 0 aromatic carbocycles. The van der Waals surface area contributed by atoms with Gasteiger partial charge in [0.05, 0.1) is 0 Å². The summed E-state index contributed by atoms with van der Waals surface area (Å²) in [6, 6.07) is 0. The highest BCUT2D eigenvalue weighted by Crippen LogP contribution is 2.21. The van der Waals surface area contributed by atoms with E-state index in [4.69, 9.17) is 0 Å². The fraction of sp³-hybridized carbons (Fsp3) is 0.500. The molecule has 0 rings (SSSR count). The van der Waals surface area contributed by atoms with Crippen LogP contribution < -0.4 is 9.44 Å². The van der Waals surface area contributed by atoms with Gasteiger partial charge in [0.2, 0.25) is 0 Å². The van der Waals surface area contributed by atoms with E-state index in [1.807, 2.05) is 0 Å². The lowest BCUT2D eigenvalue weighted by molar-refractivity contribution is -0.171. The third-order valence-corrected chi connectivity index (χ3v) is 2.20. The second kappa shape index (κ2) is 5.52. The average Bonchev–Trinajstić information content (AvgIpc) is 2.08. The number of carbonyl (C=O) groups excluding carboxylic acids is 2. The van der Waals surface area contributed by atoms with Gasteiger partial charge in [-0.2, -0.15) is 26.3 Å². The van der Waals surface area contributed by atoms with Crippen LogP contribution in [0.5, 0.6) is 0 Å². The van der Waals surface area contributed by atoms with Crippen LogP contribution in [0.1, 0.15) is 0 Å². The molecule has 0 unspecified atom stereocenters.